The number of hydrogen-bond acceptors (Lipinski definition) is 3. The Bertz CT molecular complexity index is 183. The number of carbonyl (C=O) groups is 1. The molecule has 0 saturated carbocycles. The Morgan fingerprint density at radius 3 is 2.71 bits per heavy atom. The van der Waals surface area contributed by atoms with Crippen molar-refractivity contribution in [1.29, 1.82) is 0 Å². The molecule has 0 heterocycles. The Hall–Kier alpha value is -0.870. The average molecular weight is 200 g/mol. The van der Waals surface area contributed by atoms with Gasteiger partial charge in [-0.25, -0.2) is 0 Å². The topological polar surface area (TPSA) is 50.4 Å². The van der Waals surface area contributed by atoms with Crippen molar-refractivity contribution in [2.75, 3.05) is 20.2 Å². The molecule has 0 aliphatic rings. The lowest BCUT2D eigenvalue weighted by atomic mass is 10.2. The maximum atomic E-state index is 11.2. The van der Waals surface area contributed by atoms with Gasteiger partial charge in [-0.15, -0.1) is 6.58 Å². The third-order valence-electron chi connectivity index (χ3n) is 2.10. The van der Waals surface area contributed by atoms with Gasteiger partial charge in [0.25, 0.3) is 0 Å². The van der Waals surface area contributed by atoms with Crippen molar-refractivity contribution in [3.05, 3.63) is 12.7 Å². The first kappa shape index (κ1) is 13.1. The fourth-order valence-corrected chi connectivity index (χ4v) is 0.872. The van der Waals surface area contributed by atoms with Gasteiger partial charge in [-0.2, -0.15) is 0 Å². The Balaban J connectivity index is 3.60. The minimum absolute atomic E-state index is 0.0277. The Labute approximate surface area is 85.7 Å². The van der Waals surface area contributed by atoms with Crippen LogP contribution in [0.4, 0.5) is 0 Å². The maximum Gasteiger partial charge on any atom is 0.234 e. The molecular weight excluding hydrogens is 180 g/mol. The number of carbonyl (C=O) groups excluding carboxylic acids is 1. The molecule has 0 aromatic rings. The highest BCUT2D eigenvalue weighted by molar-refractivity contribution is 5.78. The van der Waals surface area contributed by atoms with Crippen LogP contribution in [0.15, 0.2) is 12.7 Å². The van der Waals surface area contributed by atoms with Crippen LogP contribution >= 0.6 is 0 Å². The molecule has 82 valence electrons. The van der Waals surface area contributed by atoms with Gasteiger partial charge >= 0.3 is 0 Å². The van der Waals surface area contributed by atoms with Crippen LogP contribution < -0.4 is 10.6 Å². The molecule has 4 nitrogen and oxygen atoms in total. The molecule has 0 aliphatic heterocycles. The monoisotopic (exact) mass is 200 g/mol. The molecule has 0 saturated heterocycles. The van der Waals surface area contributed by atoms with E-state index in [1.807, 2.05) is 13.8 Å². The standard InChI is InChI=1S/C10H20N2O2/c1-5-6-11-10(13)7-12-8(2)9(3)14-4/h5,8-9,12H,1,6-7H2,2-4H3,(H,11,13). The fourth-order valence-electron chi connectivity index (χ4n) is 0.872. The zero-order chi connectivity index (χ0) is 11.0. The van der Waals surface area contributed by atoms with E-state index in [0.717, 1.165) is 0 Å². The fraction of sp³-hybridized carbons (Fsp3) is 0.700. The minimum atomic E-state index is -0.0277. The normalized spacial score (nSPS) is 14.5. The van der Waals surface area contributed by atoms with Gasteiger partial charge in [0.2, 0.25) is 5.91 Å². The molecule has 2 atom stereocenters. The van der Waals surface area contributed by atoms with E-state index in [9.17, 15) is 4.79 Å². The van der Waals surface area contributed by atoms with Crippen LogP contribution in [0.25, 0.3) is 0 Å². The molecule has 0 aromatic carbocycles. The van der Waals surface area contributed by atoms with Crippen molar-refractivity contribution in [1.82, 2.24) is 10.6 Å². The van der Waals surface area contributed by atoms with E-state index in [4.69, 9.17) is 4.74 Å². The SMILES string of the molecule is C=CCNC(=O)CNC(C)C(C)OC. The highest BCUT2D eigenvalue weighted by Gasteiger charge is 2.11. The summed E-state index contributed by atoms with van der Waals surface area (Å²) in [7, 11) is 1.65. The maximum absolute atomic E-state index is 11.2. The summed E-state index contributed by atoms with van der Waals surface area (Å²) >= 11 is 0. The molecule has 0 bridgehead atoms. The van der Waals surface area contributed by atoms with Crippen molar-refractivity contribution in [3.8, 4) is 0 Å². The average Bonchev–Trinajstić information content (AvgIpc) is 2.21. The molecule has 0 rings (SSSR count). The summed E-state index contributed by atoms with van der Waals surface area (Å²) in [6, 6.07) is 0.162. The molecule has 0 spiro atoms. The third kappa shape index (κ3) is 5.72. The van der Waals surface area contributed by atoms with Crippen LogP contribution in [0.2, 0.25) is 0 Å². The molecule has 2 unspecified atom stereocenters. The smallest absolute Gasteiger partial charge is 0.234 e. The molecule has 1 amide bonds. The third-order valence-corrected chi connectivity index (χ3v) is 2.10. The summed E-state index contributed by atoms with van der Waals surface area (Å²) in [5, 5.41) is 5.75. The van der Waals surface area contributed by atoms with E-state index in [-0.39, 0.29) is 18.1 Å². The first-order chi connectivity index (χ1) is 6.61. The van der Waals surface area contributed by atoms with Crippen molar-refractivity contribution < 1.29 is 9.53 Å². The number of amides is 1. The van der Waals surface area contributed by atoms with Crippen LogP contribution in [-0.4, -0.2) is 38.3 Å². The Morgan fingerprint density at radius 2 is 2.21 bits per heavy atom. The van der Waals surface area contributed by atoms with Crippen molar-refractivity contribution in [2.45, 2.75) is 26.0 Å². The zero-order valence-electron chi connectivity index (χ0n) is 9.17. The highest BCUT2D eigenvalue weighted by Crippen LogP contribution is 1.94. The number of rotatable bonds is 7. The summed E-state index contributed by atoms with van der Waals surface area (Å²) < 4.78 is 5.11. The van der Waals surface area contributed by atoms with E-state index < -0.39 is 0 Å². The molecule has 0 radical (unpaired) electrons. The van der Waals surface area contributed by atoms with Crippen molar-refractivity contribution >= 4 is 5.91 Å². The van der Waals surface area contributed by atoms with E-state index in [0.29, 0.717) is 13.1 Å². The van der Waals surface area contributed by atoms with E-state index in [2.05, 4.69) is 17.2 Å². The van der Waals surface area contributed by atoms with Gasteiger partial charge in [0.05, 0.1) is 12.6 Å². The van der Waals surface area contributed by atoms with Gasteiger partial charge in [0.15, 0.2) is 0 Å². The van der Waals surface area contributed by atoms with Gasteiger partial charge in [0.1, 0.15) is 0 Å². The van der Waals surface area contributed by atoms with Gasteiger partial charge < -0.3 is 15.4 Å². The Morgan fingerprint density at radius 1 is 1.57 bits per heavy atom. The minimum Gasteiger partial charge on any atom is -0.380 e. The lowest BCUT2D eigenvalue weighted by Crippen LogP contribution is -2.42. The van der Waals surface area contributed by atoms with Gasteiger partial charge in [-0.1, -0.05) is 6.08 Å². The predicted molar refractivity (Wildman–Crippen MR) is 57.1 cm³/mol. The number of methoxy groups -OCH3 is 1. The first-order valence-electron chi connectivity index (χ1n) is 4.75. The number of ether oxygens (including phenoxy) is 1. The molecule has 0 fully saturated rings. The number of hydrogen-bond donors (Lipinski definition) is 2. The lowest BCUT2D eigenvalue weighted by molar-refractivity contribution is -0.120. The summed E-state index contributed by atoms with van der Waals surface area (Å²) in [5.41, 5.74) is 0. The second-order valence-corrected chi connectivity index (χ2v) is 3.20. The van der Waals surface area contributed by atoms with Crippen LogP contribution in [-0.2, 0) is 9.53 Å². The van der Waals surface area contributed by atoms with E-state index in [1.54, 1.807) is 13.2 Å². The molecule has 0 aromatic heterocycles. The van der Waals surface area contributed by atoms with E-state index >= 15 is 0 Å². The van der Waals surface area contributed by atoms with Gasteiger partial charge in [-0.05, 0) is 13.8 Å². The molecular formula is C10H20N2O2. The van der Waals surface area contributed by atoms with Crippen LogP contribution in [0, 0.1) is 0 Å². The summed E-state index contributed by atoms with van der Waals surface area (Å²) in [4.78, 5) is 11.2. The van der Waals surface area contributed by atoms with Gasteiger partial charge in [-0.3, -0.25) is 4.79 Å². The molecule has 4 heteroatoms. The van der Waals surface area contributed by atoms with Crippen LogP contribution in [0.1, 0.15) is 13.8 Å². The second kappa shape index (κ2) is 7.53. The van der Waals surface area contributed by atoms with Crippen LogP contribution in [0.5, 0.6) is 0 Å². The van der Waals surface area contributed by atoms with Crippen molar-refractivity contribution in [3.63, 3.8) is 0 Å². The predicted octanol–water partition coefficient (Wildman–Crippen LogP) is 0.302. The quantitative estimate of drug-likeness (QED) is 0.581. The molecule has 14 heavy (non-hydrogen) atoms. The zero-order valence-corrected chi connectivity index (χ0v) is 9.17. The lowest BCUT2D eigenvalue weighted by Gasteiger charge is -2.19. The largest absolute Gasteiger partial charge is 0.380 e. The highest BCUT2D eigenvalue weighted by atomic mass is 16.5. The van der Waals surface area contributed by atoms with Gasteiger partial charge in [0, 0.05) is 19.7 Å². The first-order valence-corrected chi connectivity index (χ1v) is 4.75. The summed E-state index contributed by atoms with van der Waals surface area (Å²) in [6.45, 7) is 8.27. The second-order valence-electron chi connectivity index (χ2n) is 3.20. The van der Waals surface area contributed by atoms with Crippen molar-refractivity contribution in [2.24, 2.45) is 0 Å². The summed E-state index contributed by atoms with van der Waals surface area (Å²) in [6.07, 6.45) is 1.75. The van der Waals surface area contributed by atoms with E-state index in [1.165, 1.54) is 0 Å². The Kier molecular flexibility index (Phi) is 7.06. The number of nitrogens with one attached hydrogen (secondary N) is 2. The van der Waals surface area contributed by atoms with Crippen LogP contribution in [0.3, 0.4) is 0 Å². The molecule has 2 N–H and O–H groups in total. The summed E-state index contributed by atoms with van der Waals surface area (Å²) in [5.74, 6) is -0.0277. The molecule has 0 aliphatic carbocycles.